The van der Waals surface area contributed by atoms with E-state index in [2.05, 4.69) is 9.97 Å². The van der Waals surface area contributed by atoms with Crippen LogP contribution in [0.3, 0.4) is 0 Å². The molecule has 0 saturated carbocycles. The Morgan fingerprint density at radius 2 is 1.93 bits per heavy atom. The molecule has 0 bridgehead atoms. The van der Waals surface area contributed by atoms with Gasteiger partial charge in [-0.05, 0) is 24.3 Å². The van der Waals surface area contributed by atoms with Gasteiger partial charge in [0.15, 0.2) is 5.75 Å². The topological polar surface area (TPSA) is 66.0 Å². The lowest BCUT2D eigenvalue weighted by molar-refractivity contribution is 0.463. The van der Waals surface area contributed by atoms with Crippen molar-refractivity contribution >= 4 is 0 Å². The number of aromatic hydroxyl groups is 1. The van der Waals surface area contributed by atoms with Crippen molar-refractivity contribution in [2.75, 3.05) is 0 Å². The fourth-order valence-electron chi connectivity index (χ4n) is 1.14. The number of hydrogen-bond donors (Lipinski definition) is 2. The van der Waals surface area contributed by atoms with Crippen molar-refractivity contribution in [2.45, 2.75) is 0 Å². The van der Waals surface area contributed by atoms with E-state index in [0.29, 0.717) is 5.56 Å². The van der Waals surface area contributed by atoms with E-state index in [0.717, 1.165) is 6.20 Å². The Morgan fingerprint density at radius 3 is 2.53 bits per heavy atom. The van der Waals surface area contributed by atoms with Crippen LogP contribution >= 0.6 is 0 Å². The molecular formula is C10H7FN2O2. The third-order valence-corrected chi connectivity index (χ3v) is 1.90. The van der Waals surface area contributed by atoms with Crippen LogP contribution in [-0.2, 0) is 0 Å². The highest BCUT2D eigenvalue weighted by molar-refractivity contribution is 5.54. The Hall–Kier alpha value is -2.17. The summed E-state index contributed by atoms with van der Waals surface area (Å²) >= 11 is 0. The molecular weight excluding hydrogens is 199 g/mol. The zero-order valence-electron chi connectivity index (χ0n) is 7.57. The summed E-state index contributed by atoms with van der Waals surface area (Å²) in [5.41, 5.74) is -0.0437. The van der Waals surface area contributed by atoms with Gasteiger partial charge in [0.2, 0.25) is 0 Å². The first-order valence-corrected chi connectivity index (χ1v) is 4.21. The number of H-pyrrole nitrogens is 1. The third kappa shape index (κ3) is 1.85. The van der Waals surface area contributed by atoms with Gasteiger partial charge in [-0.2, -0.15) is 0 Å². The monoisotopic (exact) mass is 206 g/mol. The van der Waals surface area contributed by atoms with E-state index < -0.39 is 11.3 Å². The molecule has 4 nitrogen and oxygen atoms in total. The average Bonchev–Trinajstić information content (AvgIpc) is 2.23. The molecule has 2 aromatic rings. The summed E-state index contributed by atoms with van der Waals surface area (Å²) in [6, 6.07) is 5.51. The summed E-state index contributed by atoms with van der Waals surface area (Å²) in [6.07, 6.45) is 1.05. The molecule has 0 aliphatic rings. The molecule has 1 aromatic carbocycles. The largest absolute Gasteiger partial charge is 0.502 e. The second-order valence-electron chi connectivity index (χ2n) is 2.95. The predicted molar refractivity (Wildman–Crippen MR) is 51.9 cm³/mol. The van der Waals surface area contributed by atoms with E-state index >= 15 is 0 Å². The minimum atomic E-state index is -0.621. The molecule has 5 heteroatoms. The maximum Gasteiger partial charge on any atom is 0.293 e. The number of rotatable bonds is 1. The Kier molecular flexibility index (Phi) is 2.21. The van der Waals surface area contributed by atoms with Gasteiger partial charge in [0.25, 0.3) is 5.56 Å². The maximum absolute atomic E-state index is 12.6. The van der Waals surface area contributed by atoms with Crippen molar-refractivity contribution < 1.29 is 9.50 Å². The fraction of sp³-hybridized carbons (Fsp3) is 0. The third-order valence-electron chi connectivity index (χ3n) is 1.90. The molecule has 76 valence electrons. The van der Waals surface area contributed by atoms with Crippen LogP contribution < -0.4 is 5.56 Å². The quantitative estimate of drug-likeness (QED) is 0.738. The second kappa shape index (κ2) is 3.53. The van der Waals surface area contributed by atoms with Crippen LogP contribution in [0.2, 0.25) is 0 Å². The standard InChI is InChI=1S/C10H7FN2O2/c11-7-3-1-6(2-4-7)9-12-5-8(14)10(15)13-9/h1-5,14H,(H,12,13,15). The van der Waals surface area contributed by atoms with E-state index in [1.807, 2.05) is 0 Å². The van der Waals surface area contributed by atoms with Crippen LogP contribution in [0.1, 0.15) is 0 Å². The lowest BCUT2D eigenvalue weighted by Crippen LogP contribution is -2.07. The normalized spacial score (nSPS) is 10.2. The van der Waals surface area contributed by atoms with Gasteiger partial charge in [-0.1, -0.05) is 0 Å². The molecule has 0 fully saturated rings. The molecule has 0 spiro atoms. The summed E-state index contributed by atoms with van der Waals surface area (Å²) in [6.45, 7) is 0. The van der Waals surface area contributed by atoms with E-state index in [-0.39, 0.29) is 11.6 Å². The molecule has 1 heterocycles. The molecule has 0 aliphatic heterocycles. The minimum absolute atomic E-state index is 0.290. The second-order valence-corrected chi connectivity index (χ2v) is 2.95. The first-order chi connectivity index (χ1) is 7.16. The van der Waals surface area contributed by atoms with E-state index in [4.69, 9.17) is 5.11 Å². The summed E-state index contributed by atoms with van der Waals surface area (Å²) in [5.74, 6) is -0.515. The number of aromatic amines is 1. The molecule has 0 radical (unpaired) electrons. The van der Waals surface area contributed by atoms with Gasteiger partial charge in [0.1, 0.15) is 11.6 Å². The van der Waals surface area contributed by atoms with Crippen molar-refractivity contribution in [1.82, 2.24) is 9.97 Å². The summed E-state index contributed by atoms with van der Waals surface area (Å²) in [7, 11) is 0. The van der Waals surface area contributed by atoms with E-state index in [1.165, 1.54) is 24.3 Å². The van der Waals surface area contributed by atoms with Crippen molar-refractivity contribution in [1.29, 1.82) is 0 Å². The number of benzene rings is 1. The number of halogens is 1. The molecule has 0 aliphatic carbocycles. The SMILES string of the molecule is O=c1[nH]c(-c2ccc(F)cc2)ncc1O. The highest BCUT2D eigenvalue weighted by Gasteiger charge is 2.02. The summed E-state index contributed by atoms with van der Waals surface area (Å²) in [5, 5.41) is 8.97. The number of hydrogen-bond acceptors (Lipinski definition) is 3. The van der Waals surface area contributed by atoms with E-state index in [1.54, 1.807) is 0 Å². The summed E-state index contributed by atoms with van der Waals surface area (Å²) < 4.78 is 12.6. The Morgan fingerprint density at radius 1 is 1.27 bits per heavy atom. The lowest BCUT2D eigenvalue weighted by Gasteiger charge is -1.99. The average molecular weight is 206 g/mol. The summed E-state index contributed by atoms with van der Waals surface area (Å²) in [4.78, 5) is 17.2. The number of aromatic nitrogens is 2. The van der Waals surface area contributed by atoms with Crippen LogP contribution in [0.5, 0.6) is 5.75 Å². The van der Waals surface area contributed by atoms with Crippen LogP contribution in [0.15, 0.2) is 35.3 Å². The van der Waals surface area contributed by atoms with Crippen LogP contribution in [0, 0.1) is 5.82 Å². The lowest BCUT2D eigenvalue weighted by atomic mass is 10.2. The van der Waals surface area contributed by atoms with Crippen LogP contribution in [-0.4, -0.2) is 15.1 Å². The first kappa shape index (κ1) is 9.39. The Balaban J connectivity index is 2.50. The van der Waals surface area contributed by atoms with Crippen molar-refractivity contribution in [3.05, 3.63) is 46.6 Å². The molecule has 0 unspecified atom stereocenters. The molecule has 1 aromatic heterocycles. The molecule has 0 atom stereocenters. The molecule has 15 heavy (non-hydrogen) atoms. The van der Waals surface area contributed by atoms with Gasteiger partial charge in [-0.3, -0.25) is 4.79 Å². The van der Waals surface area contributed by atoms with Gasteiger partial charge >= 0.3 is 0 Å². The van der Waals surface area contributed by atoms with Crippen LogP contribution in [0.25, 0.3) is 11.4 Å². The highest BCUT2D eigenvalue weighted by Crippen LogP contribution is 2.14. The zero-order valence-corrected chi connectivity index (χ0v) is 7.57. The molecule has 0 saturated heterocycles. The minimum Gasteiger partial charge on any atom is -0.502 e. The van der Waals surface area contributed by atoms with E-state index in [9.17, 15) is 9.18 Å². The Bertz CT molecular complexity index is 534. The van der Waals surface area contributed by atoms with Gasteiger partial charge in [-0.15, -0.1) is 0 Å². The van der Waals surface area contributed by atoms with Gasteiger partial charge in [-0.25, -0.2) is 9.37 Å². The number of nitrogens with one attached hydrogen (secondary N) is 1. The molecule has 0 amide bonds. The van der Waals surface area contributed by atoms with Gasteiger partial charge < -0.3 is 10.1 Å². The molecule has 2 N–H and O–H groups in total. The van der Waals surface area contributed by atoms with Gasteiger partial charge in [0, 0.05) is 5.56 Å². The van der Waals surface area contributed by atoms with Crippen molar-refractivity contribution in [3.63, 3.8) is 0 Å². The fourth-order valence-corrected chi connectivity index (χ4v) is 1.14. The Labute approximate surface area is 84.0 Å². The zero-order chi connectivity index (χ0) is 10.8. The van der Waals surface area contributed by atoms with Crippen molar-refractivity contribution in [2.24, 2.45) is 0 Å². The smallest absolute Gasteiger partial charge is 0.293 e. The van der Waals surface area contributed by atoms with Crippen LogP contribution in [0.4, 0.5) is 4.39 Å². The highest BCUT2D eigenvalue weighted by atomic mass is 19.1. The number of nitrogens with zero attached hydrogens (tertiary/aromatic N) is 1. The predicted octanol–water partition coefficient (Wildman–Crippen LogP) is 1.28. The molecule has 2 rings (SSSR count). The van der Waals surface area contributed by atoms with Crippen molar-refractivity contribution in [3.8, 4) is 17.1 Å². The van der Waals surface area contributed by atoms with Gasteiger partial charge in [0.05, 0.1) is 6.20 Å². The maximum atomic E-state index is 12.6. The first-order valence-electron chi connectivity index (χ1n) is 4.21.